The maximum atomic E-state index is 11.4. The van der Waals surface area contributed by atoms with Gasteiger partial charge in [0.1, 0.15) is 11.6 Å². The number of nitrogens with one attached hydrogen (secondary N) is 1. The van der Waals surface area contributed by atoms with Crippen LogP contribution in [0.3, 0.4) is 0 Å². The van der Waals surface area contributed by atoms with Crippen LogP contribution in [0.2, 0.25) is 5.02 Å². The van der Waals surface area contributed by atoms with Crippen molar-refractivity contribution in [3.63, 3.8) is 0 Å². The van der Waals surface area contributed by atoms with Crippen LogP contribution in [-0.4, -0.2) is 30.6 Å². The van der Waals surface area contributed by atoms with E-state index < -0.39 is 10.8 Å². The smallest absolute Gasteiger partial charge is 0.289 e. The molecule has 1 aromatic carbocycles. The third kappa shape index (κ3) is 4.28. The molecule has 0 aliphatic carbocycles. The summed E-state index contributed by atoms with van der Waals surface area (Å²) in [6.07, 6.45) is 0. The van der Waals surface area contributed by atoms with Gasteiger partial charge in [0.05, 0.1) is 11.5 Å². The lowest BCUT2D eigenvalue weighted by Crippen LogP contribution is -2.20. The number of halogens is 1. The van der Waals surface area contributed by atoms with Gasteiger partial charge in [0.15, 0.2) is 0 Å². The number of rotatable bonds is 6. The number of ether oxygens (including phenoxy) is 1. The highest BCUT2D eigenvalue weighted by molar-refractivity contribution is 6.32. The maximum absolute atomic E-state index is 11.4. The second kappa shape index (κ2) is 6.90. The summed E-state index contributed by atoms with van der Waals surface area (Å²) in [6, 6.07) is 4.00. The van der Waals surface area contributed by atoms with Crippen LogP contribution in [0.1, 0.15) is 0 Å². The minimum Gasteiger partial charge on any atom is -0.370 e. The Balaban J connectivity index is 2.65. The van der Waals surface area contributed by atoms with Gasteiger partial charge in [-0.25, -0.2) is 0 Å². The van der Waals surface area contributed by atoms with Crippen molar-refractivity contribution in [2.24, 2.45) is 5.73 Å². The van der Waals surface area contributed by atoms with E-state index in [0.29, 0.717) is 6.54 Å². The lowest BCUT2D eigenvalue weighted by atomic mass is 10.3. The van der Waals surface area contributed by atoms with Gasteiger partial charge in [-0.1, -0.05) is 11.6 Å². The van der Waals surface area contributed by atoms with E-state index in [9.17, 15) is 14.9 Å². The number of nitrogens with two attached hydrogens (primary N) is 1. The summed E-state index contributed by atoms with van der Waals surface area (Å²) in [4.78, 5) is 21.4. The molecule has 0 aromatic heterocycles. The Morgan fingerprint density at radius 1 is 1.56 bits per heavy atom. The number of amides is 1. The van der Waals surface area contributed by atoms with Crippen LogP contribution in [0, 0.1) is 10.1 Å². The van der Waals surface area contributed by atoms with Crippen LogP contribution in [0.4, 0.5) is 11.4 Å². The Kier molecular flexibility index (Phi) is 5.50. The van der Waals surface area contributed by atoms with Crippen molar-refractivity contribution in [1.29, 1.82) is 0 Å². The average molecular weight is 274 g/mol. The van der Waals surface area contributed by atoms with Gasteiger partial charge < -0.3 is 15.8 Å². The number of anilines is 1. The molecule has 1 aromatic rings. The molecule has 0 radical (unpaired) electrons. The van der Waals surface area contributed by atoms with Crippen LogP contribution < -0.4 is 11.1 Å². The quantitative estimate of drug-likeness (QED) is 0.459. The molecule has 7 nitrogen and oxygen atoms in total. The molecule has 0 bridgehead atoms. The van der Waals surface area contributed by atoms with Crippen molar-refractivity contribution < 1.29 is 14.5 Å². The molecule has 0 aliphatic heterocycles. The van der Waals surface area contributed by atoms with E-state index in [1.54, 1.807) is 0 Å². The molecule has 0 atom stereocenters. The van der Waals surface area contributed by atoms with E-state index in [1.165, 1.54) is 18.2 Å². The molecule has 1 rings (SSSR count). The fourth-order valence-corrected chi connectivity index (χ4v) is 1.36. The number of carbonyl (C=O) groups excluding carboxylic acids is 1. The normalized spacial score (nSPS) is 10.1. The number of hydrogen-bond donors (Lipinski definition) is 2. The summed E-state index contributed by atoms with van der Waals surface area (Å²) in [5.74, 6) is -0.417. The van der Waals surface area contributed by atoms with Gasteiger partial charge in [0.2, 0.25) is 5.91 Å². The minimum absolute atomic E-state index is 0.0115. The van der Waals surface area contributed by atoms with E-state index in [-0.39, 0.29) is 29.6 Å². The average Bonchev–Trinajstić information content (AvgIpc) is 2.31. The molecule has 18 heavy (non-hydrogen) atoms. The standard InChI is InChI=1S/C10H12ClN3O4/c11-8-2-1-7(5-9(8)14(16)17)13-10(15)6-18-4-3-12/h1-2,5H,3-4,6,12H2,(H,13,15). The monoisotopic (exact) mass is 273 g/mol. The summed E-state index contributed by atoms with van der Waals surface area (Å²) in [6.45, 7) is 0.432. The molecule has 0 aliphatic rings. The van der Waals surface area contributed by atoms with Gasteiger partial charge in [0, 0.05) is 18.3 Å². The molecule has 1 amide bonds. The largest absolute Gasteiger partial charge is 0.370 e. The van der Waals surface area contributed by atoms with Crippen molar-refractivity contribution in [2.75, 3.05) is 25.1 Å². The van der Waals surface area contributed by atoms with E-state index in [2.05, 4.69) is 5.32 Å². The zero-order valence-corrected chi connectivity index (χ0v) is 10.1. The maximum Gasteiger partial charge on any atom is 0.289 e. The van der Waals surface area contributed by atoms with Gasteiger partial charge >= 0.3 is 0 Å². The molecule has 0 unspecified atom stereocenters. The molecule has 0 saturated heterocycles. The van der Waals surface area contributed by atoms with Crippen molar-refractivity contribution in [2.45, 2.75) is 0 Å². The number of nitro benzene ring substituents is 1. The molecule has 98 valence electrons. The SMILES string of the molecule is NCCOCC(=O)Nc1ccc(Cl)c([N+](=O)[O-])c1. The third-order valence-corrected chi connectivity index (χ3v) is 2.24. The van der Waals surface area contributed by atoms with E-state index in [4.69, 9.17) is 22.1 Å². The highest BCUT2D eigenvalue weighted by Gasteiger charge is 2.13. The zero-order chi connectivity index (χ0) is 13.5. The minimum atomic E-state index is -0.622. The molecular formula is C10H12ClN3O4. The van der Waals surface area contributed by atoms with Crippen LogP contribution >= 0.6 is 11.6 Å². The molecular weight excluding hydrogens is 262 g/mol. The Bertz CT molecular complexity index is 453. The van der Waals surface area contributed by atoms with Gasteiger partial charge in [-0.15, -0.1) is 0 Å². The lowest BCUT2D eigenvalue weighted by Gasteiger charge is -2.06. The molecule has 0 heterocycles. The predicted molar refractivity (Wildman–Crippen MR) is 66.6 cm³/mol. The van der Waals surface area contributed by atoms with Crippen molar-refractivity contribution in [1.82, 2.24) is 0 Å². The first-order chi connectivity index (χ1) is 8.54. The molecule has 0 fully saturated rings. The van der Waals surface area contributed by atoms with Gasteiger partial charge in [0.25, 0.3) is 5.69 Å². The molecule has 0 saturated carbocycles. The Labute approximate surface area is 108 Å². The summed E-state index contributed by atoms with van der Waals surface area (Å²) in [5.41, 5.74) is 5.21. The fourth-order valence-electron chi connectivity index (χ4n) is 1.18. The van der Waals surface area contributed by atoms with Crippen LogP contribution in [0.25, 0.3) is 0 Å². The Hall–Kier alpha value is -1.70. The zero-order valence-electron chi connectivity index (χ0n) is 9.39. The predicted octanol–water partition coefficient (Wildman–Crippen LogP) is 1.16. The van der Waals surface area contributed by atoms with Crippen LogP contribution in [0.5, 0.6) is 0 Å². The lowest BCUT2D eigenvalue weighted by molar-refractivity contribution is -0.384. The number of hydrogen-bond acceptors (Lipinski definition) is 5. The molecule has 0 spiro atoms. The fraction of sp³-hybridized carbons (Fsp3) is 0.300. The number of nitro groups is 1. The van der Waals surface area contributed by atoms with Crippen molar-refractivity contribution in [3.8, 4) is 0 Å². The first-order valence-electron chi connectivity index (χ1n) is 5.06. The highest BCUT2D eigenvalue weighted by atomic mass is 35.5. The van der Waals surface area contributed by atoms with Crippen LogP contribution in [0.15, 0.2) is 18.2 Å². The highest BCUT2D eigenvalue weighted by Crippen LogP contribution is 2.27. The Morgan fingerprint density at radius 3 is 2.89 bits per heavy atom. The number of nitrogens with zero attached hydrogens (tertiary/aromatic N) is 1. The molecule has 8 heteroatoms. The van der Waals surface area contributed by atoms with Gasteiger partial charge in [-0.3, -0.25) is 14.9 Å². The number of carbonyl (C=O) groups is 1. The first kappa shape index (κ1) is 14.4. The van der Waals surface area contributed by atoms with Crippen molar-refractivity contribution in [3.05, 3.63) is 33.3 Å². The van der Waals surface area contributed by atoms with Gasteiger partial charge in [-0.2, -0.15) is 0 Å². The molecule has 3 N–H and O–H groups in total. The topological polar surface area (TPSA) is 107 Å². The van der Waals surface area contributed by atoms with Crippen molar-refractivity contribution >= 4 is 28.9 Å². The van der Waals surface area contributed by atoms with Gasteiger partial charge in [-0.05, 0) is 12.1 Å². The summed E-state index contributed by atoms with van der Waals surface area (Å²) < 4.78 is 4.92. The first-order valence-corrected chi connectivity index (χ1v) is 5.44. The summed E-state index contributed by atoms with van der Waals surface area (Å²) >= 11 is 5.64. The second-order valence-electron chi connectivity index (χ2n) is 3.31. The number of benzene rings is 1. The third-order valence-electron chi connectivity index (χ3n) is 1.92. The summed E-state index contributed by atoms with van der Waals surface area (Å²) in [7, 11) is 0. The van der Waals surface area contributed by atoms with E-state index in [1.807, 2.05) is 0 Å². The van der Waals surface area contributed by atoms with E-state index >= 15 is 0 Å². The van der Waals surface area contributed by atoms with Crippen LogP contribution in [-0.2, 0) is 9.53 Å². The summed E-state index contributed by atoms with van der Waals surface area (Å²) in [5, 5.41) is 13.1. The second-order valence-corrected chi connectivity index (χ2v) is 3.72. The Morgan fingerprint density at radius 2 is 2.28 bits per heavy atom. The van der Waals surface area contributed by atoms with E-state index in [0.717, 1.165) is 0 Å².